The van der Waals surface area contributed by atoms with E-state index in [0.717, 1.165) is 41.5 Å². The molecule has 1 N–H and O–H groups in total. The molecule has 28 heavy (non-hydrogen) atoms. The number of amides is 1. The summed E-state index contributed by atoms with van der Waals surface area (Å²) < 4.78 is 5.25. The fourth-order valence-electron chi connectivity index (χ4n) is 3.98. The molecule has 4 heteroatoms. The molecule has 4 rings (SSSR count). The van der Waals surface area contributed by atoms with Gasteiger partial charge < -0.3 is 10.1 Å². The number of carbonyl (C=O) groups is 1. The third-order valence-electron chi connectivity index (χ3n) is 5.53. The highest BCUT2D eigenvalue weighted by atomic mass is 16.5. The molecule has 0 unspecified atom stereocenters. The van der Waals surface area contributed by atoms with Gasteiger partial charge in [-0.05, 0) is 54.7 Å². The van der Waals surface area contributed by atoms with E-state index in [1.807, 2.05) is 36.4 Å². The predicted molar refractivity (Wildman–Crippen MR) is 112 cm³/mol. The van der Waals surface area contributed by atoms with Crippen LogP contribution in [-0.4, -0.2) is 24.0 Å². The van der Waals surface area contributed by atoms with Crippen molar-refractivity contribution < 1.29 is 9.53 Å². The Labute approximate surface area is 165 Å². The Kier molecular flexibility index (Phi) is 5.56. The number of pyridine rings is 1. The van der Waals surface area contributed by atoms with Gasteiger partial charge in [0.05, 0.1) is 12.6 Å². The predicted octanol–water partition coefficient (Wildman–Crippen LogP) is 4.90. The van der Waals surface area contributed by atoms with Crippen LogP contribution in [0.2, 0.25) is 0 Å². The van der Waals surface area contributed by atoms with Crippen molar-refractivity contribution in [3.05, 3.63) is 71.4 Å². The summed E-state index contributed by atoms with van der Waals surface area (Å²) in [6, 6.07) is 18.3. The van der Waals surface area contributed by atoms with Crippen LogP contribution in [0.3, 0.4) is 0 Å². The topological polar surface area (TPSA) is 51.2 Å². The van der Waals surface area contributed by atoms with E-state index in [4.69, 9.17) is 4.74 Å². The fraction of sp³-hybridized carbons (Fsp3) is 0.333. The van der Waals surface area contributed by atoms with Gasteiger partial charge in [0.15, 0.2) is 0 Å². The Morgan fingerprint density at radius 2 is 1.82 bits per heavy atom. The molecule has 1 heterocycles. The smallest absolute Gasteiger partial charge is 0.270 e. The van der Waals surface area contributed by atoms with E-state index in [1.54, 1.807) is 7.11 Å². The van der Waals surface area contributed by atoms with Gasteiger partial charge in [-0.2, -0.15) is 0 Å². The molecule has 1 fully saturated rings. The van der Waals surface area contributed by atoms with Crippen LogP contribution in [0.1, 0.15) is 53.7 Å². The standard InChI is InChI=1S/C24H26N2O2/c1-28-20-13-11-17(12-14-20)15-18-16-23(26-22-10-6-5-9-21(18)22)24(27)25-19-7-3-2-4-8-19/h5-6,9-14,16,19H,2-4,7-8,15H2,1H3,(H,25,27). The van der Waals surface area contributed by atoms with Gasteiger partial charge in [-0.25, -0.2) is 4.98 Å². The number of para-hydroxylation sites is 1. The monoisotopic (exact) mass is 374 g/mol. The molecule has 0 atom stereocenters. The highest BCUT2D eigenvalue weighted by Gasteiger charge is 2.18. The molecular formula is C24H26N2O2. The van der Waals surface area contributed by atoms with Crippen LogP contribution in [0.15, 0.2) is 54.6 Å². The lowest BCUT2D eigenvalue weighted by Gasteiger charge is -2.22. The quantitative estimate of drug-likeness (QED) is 0.691. The summed E-state index contributed by atoms with van der Waals surface area (Å²) in [4.78, 5) is 17.5. The fourth-order valence-corrected chi connectivity index (χ4v) is 3.98. The minimum atomic E-state index is -0.0615. The molecule has 1 aliphatic rings. The summed E-state index contributed by atoms with van der Waals surface area (Å²) in [5.74, 6) is 0.782. The van der Waals surface area contributed by atoms with Crippen LogP contribution in [0.4, 0.5) is 0 Å². The van der Waals surface area contributed by atoms with E-state index in [1.165, 1.54) is 24.8 Å². The minimum Gasteiger partial charge on any atom is -0.497 e. The lowest BCUT2D eigenvalue weighted by Crippen LogP contribution is -2.36. The number of hydrogen-bond acceptors (Lipinski definition) is 3. The van der Waals surface area contributed by atoms with Gasteiger partial charge >= 0.3 is 0 Å². The SMILES string of the molecule is COc1ccc(Cc2cc(C(=O)NC3CCCCC3)nc3ccccc23)cc1. The molecule has 0 radical (unpaired) electrons. The zero-order valence-corrected chi connectivity index (χ0v) is 16.3. The van der Waals surface area contributed by atoms with E-state index in [0.29, 0.717) is 5.69 Å². The number of nitrogens with one attached hydrogen (secondary N) is 1. The van der Waals surface area contributed by atoms with Gasteiger partial charge in [0, 0.05) is 11.4 Å². The molecule has 144 valence electrons. The van der Waals surface area contributed by atoms with Crippen molar-refractivity contribution in [1.82, 2.24) is 10.3 Å². The zero-order chi connectivity index (χ0) is 19.3. The average Bonchev–Trinajstić information content (AvgIpc) is 2.75. The number of benzene rings is 2. The summed E-state index contributed by atoms with van der Waals surface area (Å²) in [6.07, 6.45) is 6.54. The van der Waals surface area contributed by atoms with E-state index < -0.39 is 0 Å². The second kappa shape index (κ2) is 8.42. The Morgan fingerprint density at radius 1 is 1.07 bits per heavy atom. The molecular weight excluding hydrogens is 348 g/mol. The number of rotatable bonds is 5. The van der Waals surface area contributed by atoms with E-state index in [2.05, 4.69) is 28.5 Å². The summed E-state index contributed by atoms with van der Waals surface area (Å²) in [5.41, 5.74) is 3.66. The van der Waals surface area contributed by atoms with Crippen molar-refractivity contribution in [2.24, 2.45) is 0 Å². The summed E-state index contributed by atoms with van der Waals surface area (Å²) in [5, 5.41) is 4.28. The number of aromatic nitrogens is 1. The summed E-state index contributed by atoms with van der Waals surface area (Å²) in [6.45, 7) is 0. The summed E-state index contributed by atoms with van der Waals surface area (Å²) in [7, 11) is 1.67. The van der Waals surface area contributed by atoms with Crippen LogP contribution in [-0.2, 0) is 6.42 Å². The molecule has 1 amide bonds. The average molecular weight is 374 g/mol. The van der Waals surface area contributed by atoms with Crippen LogP contribution in [0, 0.1) is 0 Å². The van der Waals surface area contributed by atoms with Gasteiger partial charge in [-0.1, -0.05) is 49.6 Å². The van der Waals surface area contributed by atoms with E-state index in [9.17, 15) is 4.79 Å². The largest absolute Gasteiger partial charge is 0.497 e. The van der Waals surface area contributed by atoms with Gasteiger partial charge in [-0.3, -0.25) is 4.79 Å². The van der Waals surface area contributed by atoms with Crippen molar-refractivity contribution in [3.8, 4) is 5.75 Å². The normalized spacial score (nSPS) is 14.8. The van der Waals surface area contributed by atoms with Crippen molar-refractivity contribution >= 4 is 16.8 Å². The Balaban J connectivity index is 1.63. The van der Waals surface area contributed by atoms with Gasteiger partial charge in [0.1, 0.15) is 11.4 Å². The van der Waals surface area contributed by atoms with Crippen LogP contribution in [0.25, 0.3) is 10.9 Å². The van der Waals surface area contributed by atoms with E-state index in [-0.39, 0.29) is 11.9 Å². The molecule has 1 aromatic heterocycles. The second-order valence-corrected chi connectivity index (χ2v) is 7.52. The Hall–Kier alpha value is -2.88. The molecule has 0 aliphatic heterocycles. The molecule has 1 saturated carbocycles. The lowest BCUT2D eigenvalue weighted by atomic mass is 9.95. The first-order valence-electron chi connectivity index (χ1n) is 10.1. The van der Waals surface area contributed by atoms with Crippen LogP contribution in [0.5, 0.6) is 5.75 Å². The van der Waals surface area contributed by atoms with Crippen LogP contribution >= 0.6 is 0 Å². The van der Waals surface area contributed by atoms with Gasteiger partial charge in [0.25, 0.3) is 5.91 Å². The number of hydrogen-bond donors (Lipinski definition) is 1. The molecule has 3 aromatic rings. The molecule has 1 aliphatic carbocycles. The molecule has 2 aromatic carbocycles. The highest BCUT2D eigenvalue weighted by molar-refractivity contribution is 5.96. The number of nitrogens with zero attached hydrogens (tertiary/aromatic N) is 1. The molecule has 0 bridgehead atoms. The first-order valence-corrected chi connectivity index (χ1v) is 10.1. The van der Waals surface area contributed by atoms with Crippen molar-refractivity contribution in [2.75, 3.05) is 7.11 Å². The number of carbonyl (C=O) groups excluding carboxylic acids is 1. The number of fused-ring (bicyclic) bond motifs is 1. The number of methoxy groups -OCH3 is 1. The maximum Gasteiger partial charge on any atom is 0.270 e. The van der Waals surface area contributed by atoms with Crippen LogP contribution < -0.4 is 10.1 Å². The van der Waals surface area contributed by atoms with Crippen molar-refractivity contribution in [2.45, 2.75) is 44.6 Å². The Bertz CT molecular complexity index is 960. The third-order valence-corrected chi connectivity index (χ3v) is 5.53. The Morgan fingerprint density at radius 3 is 2.57 bits per heavy atom. The maximum absolute atomic E-state index is 12.9. The van der Waals surface area contributed by atoms with Crippen molar-refractivity contribution in [1.29, 1.82) is 0 Å². The molecule has 0 spiro atoms. The second-order valence-electron chi connectivity index (χ2n) is 7.52. The van der Waals surface area contributed by atoms with Gasteiger partial charge in [0.2, 0.25) is 0 Å². The van der Waals surface area contributed by atoms with E-state index >= 15 is 0 Å². The number of ether oxygens (including phenoxy) is 1. The third kappa shape index (κ3) is 4.16. The minimum absolute atomic E-state index is 0.0615. The van der Waals surface area contributed by atoms with Crippen molar-refractivity contribution in [3.63, 3.8) is 0 Å². The first kappa shape index (κ1) is 18.5. The van der Waals surface area contributed by atoms with Gasteiger partial charge in [-0.15, -0.1) is 0 Å². The highest BCUT2D eigenvalue weighted by Crippen LogP contribution is 2.23. The molecule has 0 saturated heterocycles. The zero-order valence-electron chi connectivity index (χ0n) is 16.3. The molecule has 4 nitrogen and oxygen atoms in total. The lowest BCUT2D eigenvalue weighted by molar-refractivity contribution is 0.0923. The maximum atomic E-state index is 12.9. The first-order chi connectivity index (χ1) is 13.7. The summed E-state index contributed by atoms with van der Waals surface area (Å²) >= 11 is 0.